The number of aryl methyl sites for hydroxylation is 1. The van der Waals surface area contributed by atoms with Crippen molar-refractivity contribution in [3.05, 3.63) is 22.4 Å². The normalized spacial score (nSPS) is 24.5. The lowest BCUT2D eigenvalue weighted by atomic mass is 9.88. The van der Waals surface area contributed by atoms with Crippen LogP contribution in [0.5, 0.6) is 0 Å². The number of hydrogen-bond acceptors (Lipinski definition) is 3. The van der Waals surface area contributed by atoms with Crippen molar-refractivity contribution < 1.29 is 5.11 Å². The zero-order valence-electron chi connectivity index (χ0n) is 10.6. The molecule has 0 bridgehead atoms. The molecule has 1 aliphatic heterocycles. The molecule has 1 fully saturated rings. The van der Waals surface area contributed by atoms with Crippen LogP contribution in [0.25, 0.3) is 0 Å². The van der Waals surface area contributed by atoms with Crippen LogP contribution in [0.1, 0.15) is 43.9 Å². The Bertz CT molecular complexity index is 315. The number of hydrogen-bond donors (Lipinski definition) is 2. The van der Waals surface area contributed by atoms with Gasteiger partial charge in [0.1, 0.15) is 0 Å². The molecule has 1 aromatic heterocycles. The Morgan fingerprint density at radius 3 is 3.06 bits per heavy atom. The predicted molar refractivity (Wildman–Crippen MR) is 73.5 cm³/mol. The minimum atomic E-state index is -0.529. The molecule has 0 radical (unpaired) electrons. The van der Waals surface area contributed by atoms with Gasteiger partial charge in [0.05, 0.1) is 5.60 Å². The Hall–Kier alpha value is -0.380. The highest BCUT2D eigenvalue weighted by molar-refractivity contribution is 7.09. The standard InChI is InChI=1S/C14H23NOS/c1-14(16,8-7-13-6-4-10-17-13)11-12-5-2-3-9-15-12/h4,6,10,12,15-16H,2-3,5,7-9,11H2,1H3. The third-order valence-corrected chi connectivity index (χ3v) is 4.52. The first kappa shape index (κ1) is 13.1. The predicted octanol–water partition coefficient (Wildman–Crippen LogP) is 2.96. The summed E-state index contributed by atoms with van der Waals surface area (Å²) in [6, 6.07) is 4.75. The number of nitrogens with one attached hydrogen (secondary N) is 1. The van der Waals surface area contributed by atoms with Gasteiger partial charge in [-0.1, -0.05) is 12.5 Å². The minimum Gasteiger partial charge on any atom is -0.390 e. The topological polar surface area (TPSA) is 32.3 Å². The van der Waals surface area contributed by atoms with Gasteiger partial charge in [-0.05, 0) is 57.0 Å². The summed E-state index contributed by atoms with van der Waals surface area (Å²) in [4.78, 5) is 1.38. The van der Waals surface area contributed by atoms with E-state index in [0.29, 0.717) is 6.04 Å². The highest BCUT2D eigenvalue weighted by Crippen LogP contribution is 2.24. The monoisotopic (exact) mass is 253 g/mol. The molecule has 0 spiro atoms. The number of rotatable bonds is 5. The van der Waals surface area contributed by atoms with E-state index >= 15 is 0 Å². The van der Waals surface area contributed by atoms with Gasteiger partial charge in [-0.15, -0.1) is 11.3 Å². The molecule has 0 aromatic carbocycles. The molecule has 2 atom stereocenters. The van der Waals surface area contributed by atoms with Gasteiger partial charge in [0.15, 0.2) is 0 Å². The Labute approximate surface area is 108 Å². The second-order valence-electron chi connectivity index (χ2n) is 5.43. The molecule has 1 aliphatic rings. The fourth-order valence-corrected chi connectivity index (χ4v) is 3.29. The molecule has 0 aliphatic carbocycles. The quantitative estimate of drug-likeness (QED) is 0.845. The van der Waals surface area contributed by atoms with Gasteiger partial charge in [-0.2, -0.15) is 0 Å². The Kier molecular flexibility index (Phi) is 4.60. The zero-order valence-corrected chi connectivity index (χ0v) is 11.4. The Morgan fingerprint density at radius 2 is 2.41 bits per heavy atom. The average molecular weight is 253 g/mol. The van der Waals surface area contributed by atoms with Crippen LogP contribution in [0, 0.1) is 0 Å². The second-order valence-corrected chi connectivity index (χ2v) is 6.46. The Balaban J connectivity index is 1.77. The molecule has 2 heterocycles. The maximum Gasteiger partial charge on any atom is 0.0638 e. The van der Waals surface area contributed by atoms with Gasteiger partial charge in [0, 0.05) is 10.9 Å². The summed E-state index contributed by atoms with van der Waals surface area (Å²) in [5.74, 6) is 0. The van der Waals surface area contributed by atoms with Crippen LogP contribution in [0.2, 0.25) is 0 Å². The molecule has 1 aromatic rings. The van der Waals surface area contributed by atoms with E-state index in [-0.39, 0.29) is 0 Å². The van der Waals surface area contributed by atoms with Gasteiger partial charge >= 0.3 is 0 Å². The van der Waals surface area contributed by atoms with E-state index in [1.165, 1.54) is 24.1 Å². The van der Waals surface area contributed by atoms with Crippen molar-refractivity contribution in [2.45, 2.75) is 57.1 Å². The largest absolute Gasteiger partial charge is 0.390 e. The number of aliphatic hydroxyl groups is 1. The first-order valence-electron chi connectivity index (χ1n) is 6.64. The highest BCUT2D eigenvalue weighted by Gasteiger charge is 2.26. The van der Waals surface area contributed by atoms with Crippen molar-refractivity contribution in [1.82, 2.24) is 5.32 Å². The summed E-state index contributed by atoms with van der Waals surface area (Å²) in [5.41, 5.74) is -0.529. The highest BCUT2D eigenvalue weighted by atomic mass is 32.1. The van der Waals surface area contributed by atoms with Crippen molar-refractivity contribution >= 4 is 11.3 Å². The van der Waals surface area contributed by atoms with Crippen LogP contribution >= 0.6 is 11.3 Å². The summed E-state index contributed by atoms with van der Waals surface area (Å²) >= 11 is 1.78. The minimum absolute atomic E-state index is 0.516. The van der Waals surface area contributed by atoms with Crippen LogP contribution < -0.4 is 5.32 Å². The van der Waals surface area contributed by atoms with E-state index in [1.54, 1.807) is 11.3 Å². The fraction of sp³-hybridized carbons (Fsp3) is 0.714. The summed E-state index contributed by atoms with van der Waals surface area (Å²) < 4.78 is 0. The molecule has 3 heteroatoms. The van der Waals surface area contributed by atoms with Gasteiger partial charge in [-0.25, -0.2) is 0 Å². The first-order chi connectivity index (χ1) is 8.16. The van der Waals surface area contributed by atoms with Crippen LogP contribution in [-0.2, 0) is 6.42 Å². The lowest BCUT2D eigenvalue weighted by Crippen LogP contribution is -2.41. The van der Waals surface area contributed by atoms with Crippen molar-refractivity contribution in [3.63, 3.8) is 0 Å². The van der Waals surface area contributed by atoms with E-state index in [4.69, 9.17) is 0 Å². The van der Waals surface area contributed by atoms with E-state index in [9.17, 15) is 5.11 Å². The molecule has 2 unspecified atom stereocenters. The van der Waals surface area contributed by atoms with Gasteiger partial charge < -0.3 is 10.4 Å². The maximum absolute atomic E-state index is 10.4. The molecule has 0 saturated carbocycles. The number of thiophene rings is 1. The third kappa shape index (κ3) is 4.41. The van der Waals surface area contributed by atoms with Crippen LogP contribution in [0.15, 0.2) is 17.5 Å². The van der Waals surface area contributed by atoms with Crippen LogP contribution in [-0.4, -0.2) is 23.3 Å². The first-order valence-corrected chi connectivity index (χ1v) is 7.52. The van der Waals surface area contributed by atoms with E-state index < -0.39 is 5.60 Å². The average Bonchev–Trinajstić information content (AvgIpc) is 2.80. The molecule has 17 heavy (non-hydrogen) atoms. The van der Waals surface area contributed by atoms with Crippen molar-refractivity contribution in [2.75, 3.05) is 6.54 Å². The molecular formula is C14H23NOS. The van der Waals surface area contributed by atoms with Crippen LogP contribution in [0.3, 0.4) is 0 Å². The molecule has 0 amide bonds. The summed E-state index contributed by atoms with van der Waals surface area (Å²) in [7, 11) is 0. The van der Waals surface area contributed by atoms with Gasteiger partial charge in [0.25, 0.3) is 0 Å². The lowest BCUT2D eigenvalue weighted by Gasteiger charge is -2.31. The fourth-order valence-electron chi connectivity index (χ4n) is 2.58. The second kappa shape index (κ2) is 5.98. The van der Waals surface area contributed by atoms with E-state index in [1.807, 2.05) is 6.92 Å². The van der Waals surface area contributed by atoms with Crippen LogP contribution in [0.4, 0.5) is 0 Å². The molecule has 2 rings (SSSR count). The smallest absolute Gasteiger partial charge is 0.0638 e. The van der Waals surface area contributed by atoms with E-state index in [2.05, 4.69) is 22.8 Å². The zero-order chi connectivity index (χ0) is 12.1. The third-order valence-electron chi connectivity index (χ3n) is 3.59. The SMILES string of the molecule is CC(O)(CCc1cccs1)CC1CCCCN1. The van der Waals surface area contributed by atoms with Crippen molar-refractivity contribution in [2.24, 2.45) is 0 Å². The number of piperidine rings is 1. The van der Waals surface area contributed by atoms with Gasteiger partial charge in [0.2, 0.25) is 0 Å². The maximum atomic E-state index is 10.4. The van der Waals surface area contributed by atoms with Crippen molar-refractivity contribution in [1.29, 1.82) is 0 Å². The molecule has 1 saturated heterocycles. The molecular weight excluding hydrogens is 230 g/mol. The lowest BCUT2D eigenvalue weighted by molar-refractivity contribution is 0.0290. The summed E-state index contributed by atoms with van der Waals surface area (Å²) in [5, 5.41) is 16.0. The summed E-state index contributed by atoms with van der Waals surface area (Å²) in [6.07, 6.45) is 6.56. The van der Waals surface area contributed by atoms with E-state index in [0.717, 1.165) is 25.8 Å². The van der Waals surface area contributed by atoms with Gasteiger partial charge in [-0.3, -0.25) is 0 Å². The molecule has 2 N–H and O–H groups in total. The Morgan fingerprint density at radius 1 is 1.53 bits per heavy atom. The molecule has 96 valence electrons. The van der Waals surface area contributed by atoms with Crippen molar-refractivity contribution in [3.8, 4) is 0 Å². The summed E-state index contributed by atoms with van der Waals surface area (Å²) in [6.45, 7) is 3.10. The molecule has 2 nitrogen and oxygen atoms in total.